The van der Waals surface area contributed by atoms with Crippen LogP contribution in [0.15, 0.2) is 36.4 Å². The van der Waals surface area contributed by atoms with Gasteiger partial charge < -0.3 is 20.1 Å². The molecule has 0 unspecified atom stereocenters. The molecule has 29 heavy (non-hydrogen) atoms. The minimum atomic E-state index is 0.234. The lowest BCUT2D eigenvalue weighted by Gasteiger charge is -2.12. The molecule has 150 valence electrons. The molecule has 0 fully saturated rings. The summed E-state index contributed by atoms with van der Waals surface area (Å²) in [5.41, 5.74) is 4.49. The Kier molecular flexibility index (Phi) is 5.54. The lowest BCUT2D eigenvalue weighted by atomic mass is 10.2. The van der Waals surface area contributed by atoms with Gasteiger partial charge in [0.2, 0.25) is 6.79 Å². The fourth-order valence-electron chi connectivity index (χ4n) is 3.09. The molecule has 9 heteroatoms. The number of benzene rings is 2. The highest BCUT2D eigenvalue weighted by Crippen LogP contribution is 2.34. The zero-order valence-corrected chi connectivity index (χ0v) is 18.1. The molecule has 3 aromatic rings. The molecule has 0 spiro atoms. The Bertz CT molecular complexity index is 1100. The molecule has 0 amide bonds. The Balaban J connectivity index is 1.47. The van der Waals surface area contributed by atoms with Gasteiger partial charge in [0.25, 0.3) is 0 Å². The van der Waals surface area contributed by atoms with Crippen molar-refractivity contribution < 1.29 is 9.47 Å². The third-order valence-corrected chi connectivity index (χ3v) is 5.51. The first-order chi connectivity index (χ1) is 13.9. The Morgan fingerprint density at radius 2 is 1.86 bits per heavy atom. The summed E-state index contributed by atoms with van der Waals surface area (Å²) in [6.07, 6.45) is 0. The van der Waals surface area contributed by atoms with E-state index in [1.54, 1.807) is 6.07 Å². The summed E-state index contributed by atoms with van der Waals surface area (Å²) in [6, 6.07) is 11.1. The second kappa shape index (κ2) is 8.10. The maximum Gasteiger partial charge on any atom is 0.231 e. The van der Waals surface area contributed by atoms with Crippen LogP contribution in [0.2, 0.25) is 10.0 Å². The van der Waals surface area contributed by atoms with Crippen LogP contribution in [0.5, 0.6) is 11.5 Å². The quantitative estimate of drug-likeness (QED) is 0.521. The van der Waals surface area contributed by atoms with Crippen LogP contribution in [0.4, 0.5) is 11.4 Å². The molecule has 2 aromatic carbocycles. The zero-order valence-electron chi connectivity index (χ0n) is 15.8. The Morgan fingerprint density at radius 1 is 1.07 bits per heavy atom. The average molecular weight is 449 g/mol. The van der Waals surface area contributed by atoms with Gasteiger partial charge in [0, 0.05) is 11.8 Å². The van der Waals surface area contributed by atoms with Crippen LogP contribution in [-0.4, -0.2) is 21.7 Å². The van der Waals surface area contributed by atoms with Crippen molar-refractivity contribution >= 4 is 51.9 Å². The van der Waals surface area contributed by atoms with E-state index in [-0.39, 0.29) is 6.79 Å². The molecule has 0 aliphatic carbocycles. The molecule has 0 saturated heterocycles. The van der Waals surface area contributed by atoms with E-state index in [0.717, 1.165) is 34.1 Å². The van der Waals surface area contributed by atoms with E-state index in [9.17, 15) is 0 Å². The van der Waals surface area contributed by atoms with E-state index in [4.69, 9.17) is 44.9 Å². The van der Waals surface area contributed by atoms with E-state index in [2.05, 4.69) is 15.7 Å². The van der Waals surface area contributed by atoms with Gasteiger partial charge in [-0.2, -0.15) is 5.10 Å². The number of rotatable bonds is 4. The van der Waals surface area contributed by atoms with Crippen molar-refractivity contribution in [1.29, 1.82) is 0 Å². The summed E-state index contributed by atoms with van der Waals surface area (Å²) in [6.45, 7) is 4.73. The lowest BCUT2D eigenvalue weighted by molar-refractivity contribution is 0.174. The molecular formula is C20H18Cl2N4O2S. The standard InChI is InChI=1S/C20H18Cl2N4O2S/c1-11-19(12(2)26(25-11)9-13-3-5-15(21)16(22)7-13)24-20(29)23-14-4-6-17-18(8-14)28-10-27-17/h3-8H,9-10H2,1-2H3,(H2,23,24,29). The molecule has 2 N–H and O–H groups in total. The van der Waals surface area contributed by atoms with Crippen LogP contribution in [0.1, 0.15) is 17.0 Å². The van der Waals surface area contributed by atoms with Crippen molar-refractivity contribution in [3.05, 3.63) is 63.4 Å². The van der Waals surface area contributed by atoms with Crippen LogP contribution in [0.25, 0.3) is 0 Å². The monoisotopic (exact) mass is 448 g/mol. The summed E-state index contributed by atoms with van der Waals surface area (Å²) < 4.78 is 12.6. The van der Waals surface area contributed by atoms with Crippen molar-refractivity contribution in [1.82, 2.24) is 9.78 Å². The minimum Gasteiger partial charge on any atom is -0.454 e. The first kappa shape index (κ1) is 19.8. The maximum atomic E-state index is 6.12. The summed E-state index contributed by atoms with van der Waals surface area (Å²) in [7, 11) is 0. The molecule has 0 bridgehead atoms. The molecular weight excluding hydrogens is 431 g/mol. The van der Waals surface area contributed by atoms with Crippen molar-refractivity contribution in [2.24, 2.45) is 0 Å². The van der Waals surface area contributed by atoms with Gasteiger partial charge in [-0.15, -0.1) is 0 Å². The summed E-state index contributed by atoms with van der Waals surface area (Å²) in [4.78, 5) is 0. The fourth-order valence-corrected chi connectivity index (χ4v) is 3.63. The average Bonchev–Trinajstić information content (AvgIpc) is 3.24. The molecule has 0 atom stereocenters. The van der Waals surface area contributed by atoms with Crippen LogP contribution in [0.3, 0.4) is 0 Å². The molecule has 2 heterocycles. The van der Waals surface area contributed by atoms with Gasteiger partial charge in [0.15, 0.2) is 16.6 Å². The third kappa shape index (κ3) is 4.27. The molecule has 0 radical (unpaired) electrons. The van der Waals surface area contributed by atoms with Gasteiger partial charge in [-0.05, 0) is 55.9 Å². The van der Waals surface area contributed by atoms with E-state index >= 15 is 0 Å². The molecule has 4 rings (SSSR count). The van der Waals surface area contributed by atoms with Crippen LogP contribution >= 0.6 is 35.4 Å². The Labute approximate surface area is 183 Å². The Hall–Kier alpha value is -2.48. The van der Waals surface area contributed by atoms with Crippen LogP contribution < -0.4 is 20.1 Å². The Morgan fingerprint density at radius 3 is 2.66 bits per heavy atom. The normalized spacial score (nSPS) is 12.1. The smallest absolute Gasteiger partial charge is 0.231 e. The molecule has 1 aliphatic rings. The number of thiocarbonyl (C=S) groups is 1. The minimum absolute atomic E-state index is 0.234. The fraction of sp³-hybridized carbons (Fsp3) is 0.200. The topological polar surface area (TPSA) is 60.3 Å². The highest BCUT2D eigenvalue weighted by molar-refractivity contribution is 7.80. The first-order valence-electron chi connectivity index (χ1n) is 8.86. The third-order valence-electron chi connectivity index (χ3n) is 4.57. The molecule has 1 aliphatic heterocycles. The highest BCUT2D eigenvalue weighted by atomic mass is 35.5. The number of ether oxygens (including phenoxy) is 2. The lowest BCUT2D eigenvalue weighted by Crippen LogP contribution is -2.20. The first-order valence-corrected chi connectivity index (χ1v) is 10.0. The van der Waals surface area contributed by atoms with Crippen molar-refractivity contribution in [2.45, 2.75) is 20.4 Å². The molecule has 1 aromatic heterocycles. The molecule has 0 saturated carbocycles. The number of halogens is 2. The van der Waals surface area contributed by atoms with Crippen LogP contribution in [0, 0.1) is 13.8 Å². The van der Waals surface area contributed by atoms with Gasteiger partial charge in [0.1, 0.15) is 0 Å². The number of aromatic nitrogens is 2. The summed E-state index contributed by atoms with van der Waals surface area (Å²) in [5.74, 6) is 1.42. The van der Waals surface area contributed by atoms with Crippen molar-refractivity contribution in [3.63, 3.8) is 0 Å². The van der Waals surface area contributed by atoms with E-state index in [1.165, 1.54) is 0 Å². The van der Waals surface area contributed by atoms with Crippen LogP contribution in [-0.2, 0) is 6.54 Å². The predicted octanol–water partition coefficient (Wildman–Crippen LogP) is 5.39. The van der Waals surface area contributed by atoms with E-state index in [0.29, 0.717) is 27.5 Å². The number of nitrogens with zero attached hydrogens (tertiary/aromatic N) is 2. The van der Waals surface area contributed by atoms with Gasteiger partial charge in [-0.25, -0.2) is 0 Å². The van der Waals surface area contributed by atoms with Gasteiger partial charge in [-0.1, -0.05) is 29.3 Å². The summed E-state index contributed by atoms with van der Waals surface area (Å²) in [5, 5.41) is 12.5. The predicted molar refractivity (Wildman–Crippen MR) is 120 cm³/mol. The van der Waals surface area contributed by atoms with E-state index < -0.39 is 0 Å². The number of aryl methyl sites for hydroxylation is 1. The van der Waals surface area contributed by atoms with Crippen molar-refractivity contribution in [2.75, 3.05) is 17.4 Å². The number of fused-ring (bicyclic) bond motifs is 1. The molecule has 6 nitrogen and oxygen atoms in total. The van der Waals surface area contributed by atoms with Gasteiger partial charge in [-0.3, -0.25) is 4.68 Å². The number of hydrogen-bond donors (Lipinski definition) is 2. The zero-order chi connectivity index (χ0) is 20.5. The number of hydrogen-bond acceptors (Lipinski definition) is 4. The van der Waals surface area contributed by atoms with E-state index in [1.807, 2.05) is 48.9 Å². The number of anilines is 2. The largest absolute Gasteiger partial charge is 0.454 e. The summed E-state index contributed by atoms with van der Waals surface area (Å²) >= 11 is 17.6. The maximum absolute atomic E-state index is 6.12. The second-order valence-electron chi connectivity index (χ2n) is 6.60. The van der Waals surface area contributed by atoms with Gasteiger partial charge >= 0.3 is 0 Å². The van der Waals surface area contributed by atoms with Crippen molar-refractivity contribution in [3.8, 4) is 11.5 Å². The highest BCUT2D eigenvalue weighted by Gasteiger charge is 2.16. The number of nitrogens with one attached hydrogen (secondary N) is 2. The SMILES string of the molecule is Cc1nn(Cc2ccc(Cl)c(Cl)c2)c(C)c1NC(=S)Nc1ccc2c(c1)OCO2. The van der Waals surface area contributed by atoms with Gasteiger partial charge in [0.05, 0.1) is 33.7 Å². The second-order valence-corrected chi connectivity index (χ2v) is 7.82.